The second-order valence-corrected chi connectivity index (χ2v) is 11.6. The molecule has 1 aliphatic heterocycles. The van der Waals surface area contributed by atoms with Gasteiger partial charge >= 0.3 is 112 Å². The van der Waals surface area contributed by atoms with E-state index in [1.807, 2.05) is 23.1 Å². The number of carbonyl (C=O) groups is 1. The van der Waals surface area contributed by atoms with Gasteiger partial charge in [-0.25, -0.2) is 0 Å². The summed E-state index contributed by atoms with van der Waals surface area (Å²) < 4.78 is -0.0174. The molecular weight excluding hydrogens is 294 g/mol. The molecule has 1 aromatic carbocycles. The van der Waals surface area contributed by atoms with Crippen LogP contribution in [0, 0.1) is 0 Å². The molecule has 1 radical (unpaired) electrons. The number of hydrogen-bond donors (Lipinski definition) is 0. The van der Waals surface area contributed by atoms with E-state index in [1.165, 1.54) is 5.56 Å². The Hall–Kier alpha value is -0.477. The van der Waals surface area contributed by atoms with E-state index in [-0.39, 0.29) is 10.2 Å². The predicted molar refractivity (Wildman–Crippen MR) is 72.6 cm³/mol. The quantitative estimate of drug-likeness (QED) is 0.477. The molecule has 0 saturated carbocycles. The van der Waals surface area contributed by atoms with E-state index in [4.69, 9.17) is 11.6 Å². The molecule has 1 amide bonds. The van der Waals surface area contributed by atoms with Gasteiger partial charge in [-0.05, 0) is 0 Å². The summed E-state index contributed by atoms with van der Waals surface area (Å²) in [7, 11) is 0. The van der Waals surface area contributed by atoms with Crippen LogP contribution in [0.15, 0.2) is 30.3 Å². The van der Waals surface area contributed by atoms with E-state index >= 15 is 0 Å². The summed E-state index contributed by atoms with van der Waals surface area (Å²) in [5.74, 6) is 4.96. The number of hydrogen-bond acceptors (Lipinski definition) is 1. The molecule has 1 heterocycles. The van der Waals surface area contributed by atoms with Crippen LogP contribution in [-0.4, -0.2) is 36.0 Å². The van der Waals surface area contributed by atoms with Gasteiger partial charge in [-0.1, -0.05) is 0 Å². The Morgan fingerprint density at radius 3 is 2.59 bits per heavy atom. The van der Waals surface area contributed by atoms with Crippen LogP contribution in [0.1, 0.15) is 17.9 Å². The van der Waals surface area contributed by atoms with Gasteiger partial charge in [0, 0.05) is 0 Å². The first-order valence-electron chi connectivity index (χ1n) is 5.88. The van der Waals surface area contributed by atoms with Gasteiger partial charge in [0.05, 0.1) is 0 Å². The summed E-state index contributed by atoms with van der Waals surface area (Å²) in [6.45, 7) is 0.787. The van der Waals surface area contributed by atoms with Crippen LogP contribution in [0.2, 0.25) is 11.5 Å². The number of likely N-dealkylation sites (tertiary alicyclic amines) is 1. The summed E-state index contributed by atoms with van der Waals surface area (Å²) >= 11 is 5.08. The average molecular weight is 311 g/mol. The van der Waals surface area contributed by atoms with Crippen LogP contribution in [0.5, 0.6) is 0 Å². The topological polar surface area (TPSA) is 20.3 Å². The number of carbonyl (C=O) groups excluding carboxylic acids is 1. The zero-order valence-corrected chi connectivity index (χ0v) is 13.0. The second kappa shape index (κ2) is 5.44. The van der Waals surface area contributed by atoms with Gasteiger partial charge in [-0.2, -0.15) is 0 Å². The average Bonchev–Trinajstić information content (AvgIpc) is 2.71. The molecule has 0 bridgehead atoms. The molecule has 91 valence electrons. The van der Waals surface area contributed by atoms with Gasteiger partial charge < -0.3 is 0 Å². The van der Waals surface area contributed by atoms with Crippen molar-refractivity contribution in [2.75, 3.05) is 6.54 Å². The molecule has 2 rings (SSSR count). The first-order chi connectivity index (χ1) is 8.09. The van der Waals surface area contributed by atoms with Gasteiger partial charge in [-0.3, -0.25) is 0 Å². The Bertz CT molecular complexity index is 396. The molecule has 0 N–H and O–H groups in total. The molecule has 0 spiro atoms. The zero-order valence-electron chi connectivity index (χ0n) is 10.2. The van der Waals surface area contributed by atoms with Crippen LogP contribution < -0.4 is 0 Å². The minimum absolute atomic E-state index is 0.0174. The van der Waals surface area contributed by atoms with E-state index in [2.05, 4.69) is 23.6 Å². The van der Waals surface area contributed by atoms with E-state index in [0.29, 0.717) is 12.3 Å². The van der Waals surface area contributed by atoms with Crippen molar-refractivity contribution in [3.8, 4) is 0 Å². The summed E-state index contributed by atoms with van der Waals surface area (Å²) in [6.07, 6.45) is 0.610. The van der Waals surface area contributed by atoms with Crippen LogP contribution in [0.4, 0.5) is 0 Å². The Morgan fingerprint density at radius 1 is 1.35 bits per heavy atom. The second-order valence-electron chi connectivity index (χ2n) is 4.77. The number of nitrogens with zero attached hydrogens (tertiary/aromatic N) is 1. The van der Waals surface area contributed by atoms with Gasteiger partial charge in [0.2, 0.25) is 0 Å². The Balaban J connectivity index is 2.10. The minimum atomic E-state index is -1.27. The first kappa shape index (κ1) is 13.0. The SMILES string of the molecule is [CH3][Ge]([CH3])[CH](Cl)N1CC(c2ccccc2)CC1=O. The first-order valence-corrected chi connectivity index (χ1v) is 11.7. The van der Waals surface area contributed by atoms with Gasteiger partial charge in [0.25, 0.3) is 0 Å². The maximum absolute atomic E-state index is 12.0. The monoisotopic (exact) mass is 312 g/mol. The predicted octanol–water partition coefficient (Wildman–Crippen LogP) is 2.86. The molecule has 4 heteroatoms. The van der Waals surface area contributed by atoms with Gasteiger partial charge in [0.15, 0.2) is 0 Å². The maximum atomic E-state index is 12.0. The van der Waals surface area contributed by atoms with Crippen molar-refractivity contribution in [1.29, 1.82) is 0 Å². The number of halogens is 1. The van der Waals surface area contributed by atoms with E-state index in [1.54, 1.807) is 0 Å². The van der Waals surface area contributed by atoms with Gasteiger partial charge in [-0.15, -0.1) is 0 Å². The Labute approximate surface area is 112 Å². The normalized spacial score (nSPS) is 22.2. The van der Waals surface area contributed by atoms with Crippen molar-refractivity contribution >= 4 is 31.9 Å². The van der Waals surface area contributed by atoms with E-state index in [9.17, 15) is 4.79 Å². The van der Waals surface area contributed by atoms with Crippen molar-refractivity contribution < 1.29 is 4.79 Å². The third-order valence-corrected chi connectivity index (χ3v) is 8.34. The van der Waals surface area contributed by atoms with Gasteiger partial charge in [0.1, 0.15) is 0 Å². The van der Waals surface area contributed by atoms with Crippen molar-refractivity contribution in [1.82, 2.24) is 4.90 Å². The number of rotatable bonds is 3. The fraction of sp³-hybridized carbons (Fsp3) is 0.462. The molecule has 2 unspecified atom stereocenters. The third kappa shape index (κ3) is 2.86. The van der Waals surface area contributed by atoms with Crippen molar-refractivity contribution in [2.45, 2.75) is 28.2 Å². The summed E-state index contributed by atoms with van der Waals surface area (Å²) in [5, 5.41) is 0. The summed E-state index contributed by atoms with van der Waals surface area (Å²) in [6, 6.07) is 10.3. The molecule has 1 aromatic rings. The molecule has 1 saturated heterocycles. The summed E-state index contributed by atoms with van der Waals surface area (Å²) in [5.41, 5.74) is 1.25. The van der Waals surface area contributed by atoms with Crippen LogP contribution >= 0.6 is 11.6 Å². The molecule has 0 aliphatic carbocycles. The number of amides is 1. The number of alkyl halides is 1. The molecule has 2 atom stereocenters. The van der Waals surface area contributed by atoms with E-state index < -0.39 is 14.3 Å². The summed E-state index contributed by atoms with van der Waals surface area (Å²) in [4.78, 5) is 13.9. The molecule has 1 aliphatic rings. The zero-order chi connectivity index (χ0) is 12.4. The van der Waals surface area contributed by atoms with Crippen molar-refractivity contribution in [3.05, 3.63) is 35.9 Å². The van der Waals surface area contributed by atoms with E-state index in [0.717, 1.165) is 6.54 Å². The Morgan fingerprint density at radius 2 is 2.00 bits per heavy atom. The molecule has 0 aromatic heterocycles. The van der Waals surface area contributed by atoms with Crippen LogP contribution in [0.3, 0.4) is 0 Å². The van der Waals surface area contributed by atoms with Crippen LogP contribution in [-0.2, 0) is 4.79 Å². The molecule has 2 nitrogen and oxygen atoms in total. The Kier molecular flexibility index (Phi) is 4.15. The fourth-order valence-electron chi connectivity index (χ4n) is 2.21. The van der Waals surface area contributed by atoms with Crippen molar-refractivity contribution in [2.24, 2.45) is 0 Å². The molecule has 1 fully saturated rings. The number of benzene rings is 1. The van der Waals surface area contributed by atoms with Crippen molar-refractivity contribution in [3.63, 3.8) is 0 Å². The molecular formula is C13H17ClGeNO. The molecule has 17 heavy (non-hydrogen) atoms. The third-order valence-electron chi connectivity index (χ3n) is 3.18. The standard InChI is InChI=1S/C13H17ClGeNO/c1-15(2)13(14)16-9-11(8-12(16)17)10-6-4-3-5-7-10/h3-7,11,13H,8-9H2,1-2H3. The fourth-order valence-corrected chi connectivity index (χ4v) is 4.23. The van der Waals surface area contributed by atoms with Crippen LogP contribution in [0.25, 0.3) is 0 Å².